The Labute approximate surface area is 164 Å². The van der Waals surface area contributed by atoms with Gasteiger partial charge in [-0.2, -0.15) is 0 Å². The molecule has 7 nitrogen and oxygen atoms in total. The molecule has 2 aliphatic heterocycles. The van der Waals surface area contributed by atoms with Crippen LogP contribution in [0.3, 0.4) is 0 Å². The fraction of sp³-hybridized carbons (Fsp3) is 0.632. The van der Waals surface area contributed by atoms with E-state index in [1.807, 2.05) is 17.0 Å². The van der Waals surface area contributed by atoms with Gasteiger partial charge in [-0.25, -0.2) is 0 Å². The highest BCUT2D eigenvalue weighted by molar-refractivity contribution is 7.99. The van der Waals surface area contributed by atoms with Crippen LogP contribution in [-0.4, -0.2) is 82.2 Å². The zero-order valence-electron chi connectivity index (χ0n) is 16.2. The Balaban J connectivity index is 1.82. The third kappa shape index (κ3) is 4.62. The molecule has 2 heterocycles. The molecule has 1 aromatic rings. The van der Waals surface area contributed by atoms with Crippen molar-refractivity contribution in [1.29, 1.82) is 0 Å². The van der Waals surface area contributed by atoms with E-state index in [2.05, 4.69) is 4.90 Å². The van der Waals surface area contributed by atoms with Crippen LogP contribution in [0.4, 0.5) is 0 Å². The molecule has 0 saturated carbocycles. The standard InChI is InChI=1S/C19H28N2O5S/c1-23-15-12-14(13-16(24-2)18(15)25-3)19-21(17(22)4-11-27-19)6-5-20-7-9-26-10-8-20/h12-13,19H,4-11H2,1-3H3. The number of rotatable bonds is 7. The van der Waals surface area contributed by atoms with E-state index in [0.29, 0.717) is 30.2 Å². The molecule has 3 rings (SSSR count). The minimum atomic E-state index is -0.0546. The maximum absolute atomic E-state index is 12.7. The zero-order valence-corrected chi connectivity index (χ0v) is 17.0. The molecule has 2 saturated heterocycles. The van der Waals surface area contributed by atoms with Crippen LogP contribution in [-0.2, 0) is 9.53 Å². The predicted octanol–water partition coefficient (Wildman–Crippen LogP) is 2.01. The highest BCUT2D eigenvalue weighted by Crippen LogP contribution is 2.44. The lowest BCUT2D eigenvalue weighted by molar-refractivity contribution is -0.132. The van der Waals surface area contributed by atoms with Crippen molar-refractivity contribution in [2.24, 2.45) is 0 Å². The topological polar surface area (TPSA) is 60.5 Å². The number of carbonyl (C=O) groups excluding carboxylic acids is 1. The first-order valence-corrected chi connectivity index (χ1v) is 10.2. The monoisotopic (exact) mass is 396 g/mol. The second kappa shape index (κ2) is 9.52. The molecular weight excluding hydrogens is 368 g/mol. The summed E-state index contributed by atoms with van der Waals surface area (Å²) in [5, 5.41) is -0.0546. The molecule has 0 radical (unpaired) electrons. The quantitative estimate of drug-likeness (QED) is 0.699. The van der Waals surface area contributed by atoms with Gasteiger partial charge in [0.05, 0.1) is 34.5 Å². The second-order valence-corrected chi connectivity index (χ2v) is 7.66. The average Bonchev–Trinajstić information content (AvgIpc) is 2.72. The lowest BCUT2D eigenvalue weighted by Gasteiger charge is -2.37. The predicted molar refractivity (Wildman–Crippen MR) is 105 cm³/mol. The van der Waals surface area contributed by atoms with Crippen LogP contribution in [0.15, 0.2) is 12.1 Å². The number of morpholine rings is 1. The van der Waals surface area contributed by atoms with Gasteiger partial charge in [0.2, 0.25) is 11.7 Å². The number of hydrogen-bond acceptors (Lipinski definition) is 7. The summed E-state index contributed by atoms with van der Waals surface area (Å²) in [4.78, 5) is 17.0. The molecule has 0 aliphatic carbocycles. The van der Waals surface area contributed by atoms with Crippen LogP contribution in [0.25, 0.3) is 0 Å². The molecule has 2 fully saturated rings. The van der Waals surface area contributed by atoms with Gasteiger partial charge in [-0.3, -0.25) is 9.69 Å². The number of thioether (sulfide) groups is 1. The van der Waals surface area contributed by atoms with Gasteiger partial charge >= 0.3 is 0 Å². The Morgan fingerprint density at radius 2 is 1.74 bits per heavy atom. The molecule has 8 heteroatoms. The lowest BCUT2D eigenvalue weighted by Crippen LogP contribution is -2.45. The summed E-state index contributed by atoms with van der Waals surface area (Å²) in [6, 6.07) is 3.89. The van der Waals surface area contributed by atoms with Gasteiger partial charge in [0.1, 0.15) is 5.37 Å². The molecule has 1 aromatic carbocycles. The molecule has 1 unspecified atom stereocenters. The third-order valence-corrected chi connectivity index (χ3v) is 6.21. The van der Waals surface area contributed by atoms with Crippen LogP contribution in [0.1, 0.15) is 17.4 Å². The Kier molecular flexibility index (Phi) is 7.09. The van der Waals surface area contributed by atoms with Gasteiger partial charge in [0, 0.05) is 38.4 Å². The fourth-order valence-electron chi connectivity index (χ4n) is 3.46. The van der Waals surface area contributed by atoms with Crippen LogP contribution in [0, 0.1) is 0 Å². The molecule has 1 atom stereocenters. The zero-order chi connectivity index (χ0) is 19.2. The van der Waals surface area contributed by atoms with Crippen LogP contribution in [0.2, 0.25) is 0 Å². The summed E-state index contributed by atoms with van der Waals surface area (Å²) >= 11 is 1.78. The van der Waals surface area contributed by atoms with Crippen molar-refractivity contribution >= 4 is 17.7 Å². The Morgan fingerprint density at radius 3 is 2.33 bits per heavy atom. The van der Waals surface area contributed by atoms with Gasteiger partial charge in [0.25, 0.3) is 0 Å². The summed E-state index contributed by atoms with van der Waals surface area (Å²) < 4.78 is 21.8. The molecular formula is C19H28N2O5S. The van der Waals surface area contributed by atoms with E-state index in [1.165, 1.54) is 0 Å². The summed E-state index contributed by atoms with van der Waals surface area (Å²) in [5.74, 6) is 2.79. The number of hydrogen-bond donors (Lipinski definition) is 0. The van der Waals surface area contributed by atoms with Crippen molar-refractivity contribution < 1.29 is 23.7 Å². The van der Waals surface area contributed by atoms with Crippen LogP contribution >= 0.6 is 11.8 Å². The fourth-order valence-corrected chi connectivity index (χ4v) is 4.71. The average molecular weight is 397 g/mol. The second-order valence-electron chi connectivity index (χ2n) is 6.47. The summed E-state index contributed by atoms with van der Waals surface area (Å²) in [5.41, 5.74) is 0.990. The van der Waals surface area contributed by atoms with Crippen molar-refractivity contribution in [3.05, 3.63) is 17.7 Å². The van der Waals surface area contributed by atoms with Crippen LogP contribution < -0.4 is 14.2 Å². The van der Waals surface area contributed by atoms with Crippen molar-refractivity contribution in [2.45, 2.75) is 11.8 Å². The van der Waals surface area contributed by atoms with E-state index in [9.17, 15) is 4.79 Å². The SMILES string of the molecule is COc1cc(C2SCCC(=O)N2CCN2CCOCC2)cc(OC)c1OC. The molecule has 150 valence electrons. The molecule has 27 heavy (non-hydrogen) atoms. The number of carbonyl (C=O) groups is 1. The number of nitrogens with zero attached hydrogens (tertiary/aromatic N) is 2. The molecule has 0 spiro atoms. The van der Waals surface area contributed by atoms with Gasteiger partial charge in [-0.05, 0) is 17.7 Å². The third-order valence-electron chi connectivity index (χ3n) is 4.93. The Hall–Kier alpha value is -1.64. The number of benzene rings is 1. The lowest BCUT2D eigenvalue weighted by atomic mass is 10.1. The first kappa shape index (κ1) is 20.1. The largest absolute Gasteiger partial charge is 0.493 e. The number of ether oxygens (including phenoxy) is 4. The smallest absolute Gasteiger partial charge is 0.224 e. The van der Waals surface area contributed by atoms with Crippen molar-refractivity contribution in [2.75, 3.05) is 66.5 Å². The maximum atomic E-state index is 12.7. The van der Waals surface area contributed by atoms with Gasteiger partial charge in [-0.15, -0.1) is 11.8 Å². The van der Waals surface area contributed by atoms with Crippen molar-refractivity contribution in [1.82, 2.24) is 9.80 Å². The van der Waals surface area contributed by atoms with E-state index in [0.717, 1.165) is 44.2 Å². The van der Waals surface area contributed by atoms with Crippen molar-refractivity contribution in [3.63, 3.8) is 0 Å². The molecule has 1 amide bonds. The van der Waals surface area contributed by atoms with Gasteiger partial charge in [0.15, 0.2) is 11.5 Å². The first-order valence-electron chi connectivity index (χ1n) is 9.19. The normalized spacial score (nSPS) is 21.2. The maximum Gasteiger partial charge on any atom is 0.224 e. The Morgan fingerprint density at radius 1 is 1.07 bits per heavy atom. The summed E-state index contributed by atoms with van der Waals surface area (Å²) in [6.07, 6.45) is 0.578. The van der Waals surface area contributed by atoms with E-state index in [4.69, 9.17) is 18.9 Å². The molecule has 2 aliphatic rings. The minimum Gasteiger partial charge on any atom is -0.493 e. The number of amides is 1. The van der Waals surface area contributed by atoms with E-state index in [-0.39, 0.29) is 11.3 Å². The minimum absolute atomic E-state index is 0.0546. The number of methoxy groups -OCH3 is 3. The summed E-state index contributed by atoms with van der Waals surface area (Å²) in [7, 11) is 4.81. The highest BCUT2D eigenvalue weighted by atomic mass is 32.2. The summed E-state index contributed by atoms with van der Waals surface area (Å²) in [6.45, 7) is 4.93. The van der Waals surface area contributed by atoms with Gasteiger partial charge in [-0.1, -0.05) is 0 Å². The van der Waals surface area contributed by atoms with Gasteiger partial charge < -0.3 is 23.8 Å². The van der Waals surface area contributed by atoms with E-state index >= 15 is 0 Å². The van der Waals surface area contributed by atoms with E-state index < -0.39 is 0 Å². The molecule has 0 N–H and O–H groups in total. The van der Waals surface area contributed by atoms with Crippen molar-refractivity contribution in [3.8, 4) is 17.2 Å². The van der Waals surface area contributed by atoms with Crippen LogP contribution in [0.5, 0.6) is 17.2 Å². The highest BCUT2D eigenvalue weighted by Gasteiger charge is 2.31. The molecule has 0 aromatic heterocycles. The van der Waals surface area contributed by atoms with E-state index in [1.54, 1.807) is 33.1 Å². The Bertz CT molecular complexity index is 626. The molecule has 0 bridgehead atoms. The first-order chi connectivity index (χ1) is 13.2.